The predicted octanol–water partition coefficient (Wildman–Crippen LogP) is 3.22. The molecule has 22 heavy (non-hydrogen) atoms. The third-order valence-electron chi connectivity index (χ3n) is 4.15. The van der Waals surface area contributed by atoms with Gasteiger partial charge in [0, 0.05) is 36.5 Å². The van der Waals surface area contributed by atoms with Gasteiger partial charge in [0.15, 0.2) is 11.4 Å². The Bertz CT molecular complexity index is 651. The van der Waals surface area contributed by atoms with E-state index in [1.807, 2.05) is 0 Å². The maximum Gasteiger partial charge on any atom is 0.343 e. The van der Waals surface area contributed by atoms with E-state index >= 15 is 0 Å². The van der Waals surface area contributed by atoms with Gasteiger partial charge >= 0.3 is 5.97 Å². The molecule has 0 atom stereocenters. The first-order chi connectivity index (χ1) is 10.5. The molecule has 0 saturated carbocycles. The number of benzene rings is 1. The first kappa shape index (κ1) is 15.6. The molecule has 7 heteroatoms. The molecule has 3 rings (SSSR count). The molecule has 1 N–H and O–H groups in total. The monoisotopic (exact) mass is 343 g/mol. The molecular weight excluding hydrogens is 329 g/mol. The number of piperidine rings is 1. The van der Waals surface area contributed by atoms with Crippen LogP contribution in [0.15, 0.2) is 24.0 Å². The molecule has 1 fully saturated rings. The fourth-order valence-corrected chi connectivity index (χ4v) is 3.40. The number of hydrogen-bond acceptors (Lipinski definition) is 5. The normalized spacial score (nSPS) is 21.5. The van der Waals surface area contributed by atoms with Crippen molar-refractivity contribution in [2.45, 2.75) is 18.4 Å². The van der Waals surface area contributed by atoms with Gasteiger partial charge in [-0.3, -0.25) is 0 Å². The fourth-order valence-electron chi connectivity index (χ4n) is 2.90. The third kappa shape index (κ3) is 2.48. The average Bonchev–Trinajstić information content (AvgIpc) is 2.72. The predicted molar refractivity (Wildman–Crippen MR) is 82.6 cm³/mol. The molecule has 5 nitrogen and oxygen atoms in total. The van der Waals surface area contributed by atoms with Crippen molar-refractivity contribution in [3.63, 3.8) is 0 Å². The van der Waals surface area contributed by atoms with Gasteiger partial charge < -0.3 is 14.7 Å². The van der Waals surface area contributed by atoms with Gasteiger partial charge in [-0.1, -0.05) is 29.3 Å². The Labute approximate surface area is 138 Å². The Morgan fingerprint density at radius 1 is 1.32 bits per heavy atom. The quantitative estimate of drug-likeness (QED) is 0.835. The molecule has 118 valence electrons. The van der Waals surface area contributed by atoms with Gasteiger partial charge in [-0.05, 0) is 12.1 Å². The van der Waals surface area contributed by atoms with E-state index in [1.54, 1.807) is 24.3 Å². The number of hydroxylamine groups is 2. The smallest absolute Gasteiger partial charge is 0.343 e. The number of esters is 1. The number of rotatable bonds is 2. The minimum atomic E-state index is -0.982. The number of carbonyl (C=O) groups excluding carboxylic acids is 1. The van der Waals surface area contributed by atoms with Crippen molar-refractivity contribution in [3.05, 3.63) is 39.6 Å². The standard InChI is InChI=1S/C15H15Cl2NO4/c1-21-18-6-4-15(5-7-18)13(19)12(14(20)22-15)10-3-2-9(16)8-11(10)17/h2-3,8,19H,4-7H2,1H3. The van der Waals surface area contributed by atoms with Crippen molar-refractivity contribution in [1.29, 1.82) is 0 Å². The average molecular weight is 344 g/mol. The summed E-state index contributed by atoms with van der Waals surface area (Å²) in [6.45, 7) is 1.13. The Hall–Kier alpha value is -1.27. The van der Waals surface area contributed by atoms with Crippen LogP contribution >= 0.6 is 23.2 Å². The van der Waals surface area contributed by atoms with Crippen LogP contribution in [-0.4, -0.2) is 41.9 Å². The Balaban J connectivity index is 1.99. The summed E-state index contributed by atoms with van der Waals surface area (Å²) in [7, 11) is 1.59. The van der Waals surface area contributed by atoms with E-state index in [0.29, 0.717) is 41.5 Å². The van der Waals surface area contributed by atoms with E-state index < -0.39 is 11.6 Å². The Morgan fingerprint density at radius 2 is 2.00 bits per heavy atom. The second-order valence-electron chi connectivity index (χ2n) is 5.34. The van der Waals surface area contributed by atoms with Gasteiger partial charge in [0.1, 0.15) is 5.57 Å². The summed E-state index contributed by atoms with van der Waals surface area (Å²) in [5.41, 5.74) is -0.433. The first-order valence-corrected chi connectivity index (χ1v) is 7.64. The third-order valence-corrected chi connectivity index (χ3v) is 4.70. The highest BCUT2D eigenvalue weighted by Crippen LogP contribution is 2.44. The van der Waals surface area contributed by atoms with Crippen LogP contribution in [-0.2, 0) is 14.4 Å². The lowest BCUT2D eigenvalue weighted by Crippen LogP contribution is -2.45. The van der Waals surface area contributed by atoms with Gasteiger partial charge in [0.25, 0.3) is 0 Å². The van der Waals surface area contributed by atoms with Crippen molar-refractivity contribution < 1.29 is 19.5 Å². The number of carbonyl (C=O) groups is 1. The highest BCUT2D eigenvalue weighted by atomic mass is 35.5. The molecule has 0 aliphatic carbocycles. The topological polar surface area (TPSA) is 59.0 Å². The van der Waals surface area contributed by atoms with Crippen molar-refractivity contribution in [1.82, 2.24) is 5.06 Å². The summed E-state index contributed by atoms with van der Waals surface area (Å²) in [6, 6.07) is 4.76. The first-order valence-electron chi connectivity index (χ1n) is 6.88. The number of aliphatic hydroxyl groups excluding tert-OH is 1. The molecule has 0 radical (unpaired) electrons. The molecule has 0 aromatic heterocycles. The second kappa shape index (κ2) is 5.74. The number of nitrogens with zero attached hydrogens (tertiary/aromatic N) is 1. The van der Waals surface area contributed by atoms with E-state index in [-0.39, 0.29) is 11.3 Å². The molecule has 0 amide bonds. The molecule has 0 unspecified atom stereocenters. The highest BCUT2D eigenvalue weighted by Gasteiger charge is 2.50. The van der Waals surface area contributed by atoms with Crippen molar-refractivity contribution in [3.8, 4) is 0 Å². The SMILES string of the molecule is CON1CCC2(CC1)OC(=O)C(c1ccc(Cl)cc1Cl)=C2O. The van der Waals surface area contributed by atoms with E-state index in [0.717, 1.165) is 0 Å². The number of hydrogen-bond donors (Lipinski definition) is 1. The second-order valence-corrected chi connectivity index (χ2v) is 6.19. The van der Waals surface area contributed by atoms with Crippen LogP contribution < -0.4 is 0 Å². The fraction of sp³-hybridized carbons (Fsp3) is 0.400. The molecule has 1 spiro atoms. The molecule has 0 bridgehead atoms. The lowest BCUT2D eigenvalue weighted by Gasteiger charge is -2.36. The van der Waals surface area contributed by atoms with Crippen LogP contribution in [0.5, 0.6) is 0 Å². The molecule has 1 saturated heterocycles. The van der Waals surface area contributed by atoms with E-state index in [9.17, 15) is 9.90 Å². The van der Waals surface area contributed by atoms with Crippen molar-refractivity contribution in [2.24, 2.45) is 0 Å². The largest absolute Gasteiger partial charge is 0.507 e. The van der Waals surface area contributed by atoms with Crippen LogP contribution in [0.4, 0.5) is 0 Å². The summed E-state index contributed by atoms with van der Waals surface area (Å²) in [6.07, 6.45) is 0.931. The summed E-state index contributed by atoms with van der Waals surface area (Å²) < 4.78 is 5.51. The van der Waals surface area contributed by atoms with Crippen LogP contribution in [0.25, 0.3) is 5.57 Å². The lowest BCUT2D eigenvalue weighted by molar-refractivity contribution is -0.182. The molecular formula is C15H15Cl2NO4. The maximum absolute atomic E-state index is 12.3. The van der Waals surface area contributed by atoms with E-state index in [4.69, 9.17) is 32.8 Å². The number of halogens is 2. The lowest BCUT2D eigenvalue weighted by atomic mass is 9.88. The zero-order valence-corrected chi connectivity index (χ0v) is 13.4. The molecule has 2 heterocycles. The molecule has 2 aliphatic heterocycles. The highest BCUT2D eigenvalue weighted by molar-refractivity contribution is 6.37. The summed E-state index contributed by atoms with van der Waals surface area (Å²) in [4.78, 5) is 17.4. The van der Waals surface area contributed by atoms with Crippen LogP contribution in [0.3, 0.4) is 0 Å². The van der Waals surface area contributed by atoms with Gasteiger partial charge in [0.05, 0.1) is 12.1 Å². The maximum atomic E-state index is 12.3. The number of ether oxygens (including phenoxy) is 1. The minimum absolute atomic E-state index is 0.0579. The number of aliphatic hydroxyl groups is 1. The minimum Gasteiger partial charge on any atom is -0.507 e. The van der Waals surface area contributed by atoms with Crippen molar-refractivity contribution in [2.75, 3.05) is 20.2 Å². The van der Waals surface area contributed by atoms with Gasteiger partial charge in [0.2, 0.25) is 0 Å². The Kier molecular flexibility index (Phi) is 4.07. The van der Waals surface area contributed by atoms with Gasteiger partial charge in [-0.2, -0.15) is 5.06 Å². The Morgan fingerprint density at radius 3 is 2.59 bits per heavy atom. The van der Waals surface area contributed by atoms with E-state index in [1.165, 1.54) is 6.07 Å². The van der Waals surface area contributed by atoms with Crippen LogP contribution in [0, 0.1) is 0 Å². The van der Waals surface area contributed by atoms with Gasteiger partial charge in [-0.25, -0.2) is 4.79 Å². The van der Waals surface area contributed by atoms with Crippen LogP contribution in [0.1, 0.15) is 18.4 Å². The van der Waals surface area contributed by atoms with Gasteiger partial charge in [-0.15, -0.1) is 0 Å². The zero-order chi connectivity index (χ0) is 15.9. The summed E-state index contributed by atoms with van der Waals surface area (Å²) in [5, 5.41) is 13.2. The molecule has 1 aromatic carbocycles. The molecule has 2 aliphatic rings. The molecule has 1 aromatic rings. The van der Waals surface area contributed by atoms with Crippen LogP contribution in [0.2, 0.25) is 10.0 Å². The summed E-state index contributed by atoms with van der Waals surface area (Å²) >= 11 is 12.0. The van der Waals surface area contributed by atoms with E-state index in [2.05, 4.69) is 0 Å². The zero-order valence-electron chi connectivity index (χ0n) is 11.9. The van der Waals surface area contributed by atoms with Crippen molar-refractivity contribution >= 4 is 34.7 Å². The summed E-state index contributed by atoms with van der Waals surface area (Å²) in [5.74, 6) is -0.620.